The van der Waals surface area contributed by atoms with Crippen molar-refractivity contribution in [1.82, 2.24) is 9.80 Å². The Morgan fingerprint density at radius 2 is 1.05 bits per heavy atom. The smallest absolute Gasteiger partial charge is 0.106 e. The molecule has 0 N–H and O–H groups in total. The lowest BCUT2D eigenvalue weighted by molar-refractivity contribution is -0.968. The lowest BCUT2D eigenvalue weighted by Gasteiger charge is -2.56. The Morgan fingerprint density at radius 3 is 1.32 bits per heavy atom. The summed E-state index contributed by atoms with van der Waals surface area (Å²) in [5, 5.41) is 0. The highest BCUT2D eigenvalue weighted by molar-refractivity contribution is 4.81. The van der Waals surface area contributed by atoms with Crippen LogP contribution in [0.3, 0.4) is 0 Å². The molecule has 4 bridgehead atoms. The van der Waals surface area contributed by atoms with Crippen LogP contribution in [0.2, 0.25) is 0 Å². The maximum Gasteiger partial charge on any atom is 0.106 e. The van der Waals surface area contributed by atoms with Crippen LogP contribution in [0.25, 0.3) is 0 Å². The highest BCUT2D eigenvalue weighted by Gasteiger charge is 2.49. The molecule has 0 saturated carbocycles. The van der Waals surface area contributed by atoms with Gasteiger partial charge in [0.2, 0.25) is 0 Å². The van der Waals surface area contributed by atoms with E-state index in [0.717, 1.165) is 13.1 Å². The Labute approximate surface area is 134 Å². The van der Waals surface area contributed by atoms with Gasteiger partial charge in [-0.25, -0.2) is 0 Å². The van der Waals surface area contributed by atoms with Crippen LogP contribution in [0.4, 0.5) is 4.39 Å². The minimum Gasteiger partial charge on any atom is -0.320 e. The Bertz CT molecular complexity index is 349. The summed E-state index contributed by atoms with van der Waals surface area (Å²) in [7, 11) is 0. The van der Waals surface area contributed by atoms with Crippen LogP contribution in [0.15, 0.2) is 0 Å². The fraction of sp³-hybridized carbons (Fsp3) is 1.00. The first kappa shape index (κ1) is 15.3. The molecule has 4 nitrogen and oxygen atoms in total. The fourth-order valence-corrected chi connectivity index (χ4v) is 5.69. The van der Waals surface area contributed by atoms with E-state index < -0.39 is 0 Å². The van der Waals surface area contributed by atoms with Crippen molar-refractivity contribution in [2.45, 2.75) is 6.92 Å². The molecule has 0 aromatic carbocycles. The standard InChI is InChI=1S/C17H33FN4/c1-17(14-18,15-21-8-2-19(3-9-21)4-10-21)16-22-11-5-20(6-12-22)7-13-22/h2-16H2,1H3/q+2. The van der Waals surface area contributed by atoms with E-state index in [1.807, 2.05) is 0 Å². The van der Waals surface area contributed by atoms with Gasteiger partial charge in [-0.2, -0.15) is 0 Å². The van der Waals surface area contributed by atoms with Gasteiger partial charge in [0.05, 0.1) is 57.8 Å². The fourth-order valence-electron chi connectivity index (χ4n) is 5.69. The molecule has 0 aliphatic carbocycles. The lowest BCUT2D eigenvalue weighted by Crippen LogP contribution is -2.73. The minimum atomic E-state index is -0.138. The predicted octanol–water partition coefficient (Wildman–Crippen LogP) is 0.254. The van der Waals surface area contributed by atoms with E-state index in [2.05, 4.69) is 16.7 Å². The Kier molecular flexibility index (Phi) is 3.76. The van der Waals surface area contributed by atoms with Gasteiger partial charge >= 0.3 is 0 Å². The molecule has 0 aromatic heterocycles. The summed E-state index contributed by atoms with van der Waals surface area (Å²) < 4.78 is 16.5. The van der Waals surface area contributed by atoms with Gasteiger partial charge in [0, 0.05) is 39.3 Å². The zero-order valence-corrected chi connectivity index (χ0v) is 14.3. The molecule has 22 heavy (non-hydrogen) atoms. The summed E-state index contributed by atoms with van der Waals surface area (Å²) >= 11 is 0. The molecule has 0 aromatic rings. The molecule has 6 rings (SSSR count). The number of nitrogens with zero attached hydrogens (tertiary/aromatic N) is 4. The molecule has 0 amide bonds. The zero-order chi connectivity index (χ0) is 15.3. The van der Waals surface area contributed by atoms with Gasteiger partial charge in [-0.1, -0.05) is 0 Å². The van der Waals surface area contributed by atoms with E-state index in [0.29, 0.717) is 0 Å². The molecule has 6 fully saturated rings. The van der Waals surface area contributed by atoms with Crippen molar-refractivity contribution in [3.05, 3.63) is 0 Å². The third kappa shape index (κ3) is 2.70. The summed E-state index contributed by atoms with van der Waals surface area (Å²) in [6.45, 7) is 19.2. The van der Waals surface area contributed by atoms with Crippen molar-refractivity contribution >= 4 is 0 Å². The van der Waals surface area contributed by atoms with Gasteiger partial charge in [-0.3, -0.25) is 14.2 Å². The summed E-state index contributed by atoms with van der Waals surface area (Å²) in [6.07, 6.45) is 0. The van der Waals surface area contributed by atoms with E-state index >= 15 is 0 Å². The average Bonchev–Trinajstić information content (AvgIpc) is 2.57. The molecule has 6 saturated heterocycles. The monoisotopic (exact) mass is 312 g/mol. The van der Waals surface area contributed by atoms with E-state index in [9.17, 15) is 4.39 Å². The van der Waals surface area contributed by atoms with Gasteiger partial charge < -0.3 is 8.97 Å². The number of rotatable bonds is 5. The van der Waals surface area contributed by atoms with Crippen molar-refractivity contribution in [2.75, 3.05) is 98.3 Å². The quantitative estimate of drug-likeness (QED) is 0.672. The number of hydrogen-bond acceptors (Lipinski definition) is 2. The van der Waals surface area contributed by atoms with Gasteiger partial charge in [0.1, 0.15) is 6.67 Å². The van der Waals surface area contributed by atoms with Crippen molar-refractivity contribution in [1.29, 1.82) is 0 Å². The van der Waals surface area contributed by atoms with Crippen molar-refractivity contribution < 1.29 is 13.4 Å². The maximum atomic E-state index is 14.1. The Morgan fingerprint density at radius 1 is 0.727 bits per heavy atom. The molecule has 5 heteroatoms. The summed E-state index contributed by atoms with van der Waals surface area (Å²) in [4.78, 5) is 5.16. The summed E-state index contributed by atoms with van der Waals surface area (Å²) in [5.74, 6) is 0. The van der Waals surface area contributed by atoms with Gasteiger partial charge in [-0.05, 0) is 6.92 Å². The Balaban J connectivity index is 1.47. The normalized spacial score (nSPS) is 46.6. The zero-order valence-electron chi connectivity index (χ0n) is 14.3. The maximum absolute atomic E-state index is 14.1. The van der Waals surface area contributed by atoms with Crippen LogP contribution in [-0.4, -0.2) is 117 Å². The second-order valence-electron chi connectivity index (χ2n) is 8.97. The van der Waals surface area contributed by atoms with Crippen LogP contribution in [0, 0.1) is 5.41 Å². The SMILES string of the molecule is CC(CF)(C[N+]12CCN(CC1)CC2)C[N+]12CCN(CC1)CC2. The number of halogens is 1. The van der Waals surface area contributed by atoms with Crippen LogP contribution in [0.5, 0.6) is 0 Å². The summed E-state index contributed by atoms with van der Waals surface area (Å²) in [6, 6.07) is 0. The number of piperazine rings is 6. The minimum absolute atomic E-state index is 0.126. The van der Waals surface area contributed by atoms with Crippen LogP contribution in [0.1, 0.15) is 6.92 Å². The van der Waals surface area contributed by atoms with E-state index in [-0.39, 0.29) is 12.1 Å². The van der Waals surface area contributed by atoms with Crippen molar-refractivity contribution in [3.63, 3.8) is 0 Å². The van der Waals surface area contributed by atoms with Gasteiger partial charge in [0.25, 0.3) is 0 Å². The molecule has 0 unspecified atom stereocenters. The van der Waals surface area contributed by atoms with Crippen molar-refractivity contribution in [3.8, 4) is 0 Å². The number of fused-ring (bicyclic) bond motifs is 6. The van der Waals surface area contributed by atoms with Gasteiger partial charge in [0.15, 0.2) is 0 Å². The third-order valence-electron chi connectivity index (χ3n) is 7.10. The van der Waals surface area contributed by atoms with Gasteiger partial charge in [-0.15, -0.1) is 0 Å². The van der Waals surface area contributed by atoms with Crippen molar-refractivity contribution in [2.24, 2.45) is 5.41 Å². The van der Waals surface area contributed by atoms with Crippen LogP contribution >= 0.6 is 0 Å². The Hall–Kier alpha value is -0.230. The third-order valence-corrected chi connectivity index (χ3v) is 7.10. The highest BCUT2D eigenvalue weighted by Crippen LogP contribution is 2.33. The molecular formula is C17H33FN4+2. The molecule has 6 aliphatic rings. The number of quaternary nitrogens is 2. The van der Waals surface area contributed by atoms with Crippen LogP contribution in [-0.2, 0) is 0 Å². The number of hydrogen-bond donors (Lipinski definition) is 0. The molecule has 0 atom stereocenters. The van der Waals surface area contributed by atoms with E-state index in [1.165, 1.54) is 87.5 Å². The molecule has 0 radical (unpaired) electrons. The second kappa shape index (κ2) is 5.40. The van der Waals surface area contributed by atoms with Crippen LogP contribution < -0.4 is 0 Å². The molecule has 126 valence electrons. The number of alkyl halides is 1. The molecule has 6 heterocycles. The average molecular weight is 312 g/mol. The highest BCUT2D eigenvalue weighted by atomic mass is 19.1. The largest absolute Gasteiger partial charge is 0.320 e. The molecule has 0 spiro atoms. The lowest BCUT2D eigenvalue weighted by atomic mass is 9.86. The summed E-state index contributed by atoms with van der Waals surface area (Å²) in [5.41, 5.74) is -0.126. The van der Waals surface area contributed by atoms with E-state index in [4.69, 9.17) is 0 Å². The second-order valence-corrected chi connectivity index (χ2v) is 8.97. The molecule has 6 aliphatic heterocycles. The molecular weight excluding hydrogens is 279 g/mol. The topological polar surface area (TPSA) is 6.48 Å². The van der Waals surface area contributed by atoms with E-state index in [1.54, 1.807) is 0 Å². The first-order valence-electron chi connectivity index (χ1n) is 9.26. The first-order valence-corrected chi connectivity index (χ1v) is 9.26. The predicted molar refractivity (Wildman–Crippen MR) is 86.4 cm³/mol. The first-order chi connectivity index (χ1) is 10.5.